The van der Waals surface area contributed by atoms with Gasteiger partial charge in [0.05, 0.1) is 31.0 Å². The topological polar surface area (TPSA) is 42.4 Å². The van der Waals surface area contributed by atoms with Crippen LogP contribution in [0.5, 0.6) is 0 Å². The Hall–Kier alpha value is -0.460. The number of carbonyl (C=O) groups excluding carboxylic acids is 1. The van der Waals surface area contributed by atoms with Crippen LogP contribution in [0.15, 0.2) is 11.7 Å². The molecule has 2 rings (SSSR count). The lowest BCUT2D eigenvalue weighted by Gasteiger charge is -2.34. The molecule has 4 nitrogen and oxygen atoms in total. The molecule has 1 unspecified atom stereocenters. The SMILES string of the molecule is O=C(c1cncs1)N1CCOCC1CBr. The van der Waals surface area contributed by atoms with Crippen LogP contribution in [0.4, 0.5) is 0 Å². The number of ether oxygens (including phenoxy) is 1. The third-order valence-corrected chi connectivity index (χ3v) is 3.82. The standard InChI is InChI=1S/C9H11BrN2O2S/c10-3-7-5-14-2-1-12(7)9(13)8-4-11-6-15-8/h4,6-7H,1-3,5H2. The fourth-order valence-corrected chi connectivity index (χ4v) is 2.62. The summed E-state index contributed by atoms with van der Waals surface area (Å²) in [4.78, 5) is 18.5. The highest BCUT2D eigenvalue weighted by molar-refractivity contribution is 9.09. The number of carbonyl (C=O) groups is 1. The van der Waals surface area contributed by atoms with E-state index in [1.54, 1.807) is 11.7 Å². The molecule has 0 radical (unpaired) electrons. The second-order valence-electron chi connectivity index (χ2n) is 3.25. The van der Waals surface area contributed by atoms with Crippen molar-refractivity contribution in [3.8, 4) is 0 Å². The average Bonchev–Trinajstić information content (AvgIpc) is 2.81. The van der Waals surface area contributed by atoms with Gasteiger partial charge in [-0.3, -0.25) is 9.78 Å². The molecular weight excluding hydrogens is 280 g/mol. The highest BCUT2D eigenvalue weighted by Crippen LogP contribution is 2.16. The largest absolute Gasteiger partial charge is 0.377 e. The summed E-state index contributed by atoms with van der Waals surface area (Å²) in [6.45, 7) is 1.89. The van der Waals surface area contributed by atoms with Gasteiger partial charge in [0, 0.05) is 11.9 Å². The van der Waals surface area contributed by atoms with Gasteiger partial charge in [-0.15, -0.1) is 11.3 Å². The van der Waals surface area contributed by atoms with E-state index in [0.717, 1.165) is 5.33 Å². The van der Waals surface area contributed by atoms with Gasteiger partial charge in [0.2, 0.25) is 0 Å². The molecule has 0 aromatic carbocycles. The first-order valence-corrected chi connectivity index (χ1v) is 6.66. The summed E-state index contributed by atoms with van der Waals surface area (Å²) in [7, 11) is 0. The monoisotopic (exact) mass is 290 g/mol. The number of nitrogens with zero attached hydrogens (tertiary/aromatic N) is 2. The molecule has 1 aliphatic heterocycles. The summed E-state index contributed by atoms with van der Waals surface area (Å²) >= 11 is 4.78. The molecule has 6 heteroatoms. The van der Waals surface area contributed by atoms with Gasteiger partial charge < -0.3 is 9.64 Å². The van der Waals surface area contributed by atoms with Gasteiger partial charge in [-0.2, -0.15) is 0 Å². The highest BCUT2D eigenvalue weighted by Gasteiger charge is 2.27. The minimum absolute atomic E-state index is 0.0604. The van der Waals surface area contributed by atoms with Gasteiger partial charge >= 0.3 is 0 Å². The zero-order chi connectivity index (χ0) is 10.7. The fraction of sp³-hybridized carbons (Fsp3) is 0.556. The Labute approximate surface area is 100 Å². The number of aromatic nitrogens is 1. The molecule has 1 aliphatic rings. The smallest absolute Gasteiger partial charge is 0.266 e. The Morgan fingerprint density at radius 3 is 3.33 bits per heavy atom. The maximum Gasteiger partial charge on any atom is 0.266 e. The van der Waals surface area contributed by atoms with Crippen LogP contribution >= 0.6 is 27.3 Å². The van der Waals surface area contributed by atoms with E-state index in [0.29, 0.717) is 24.6 Å². The summed E-state index contributed by atoms with van der Waals surface area (Å²) in [5, 5.41) is 0.748. The van der Waals surface area contributed by atoms with Crippen LogP contribution in [0, 0.1) is 0 Å². The van der Waals surface area contributed by atoms with Crippen molar-refractivity contribution in [2.24, 2.45) is 0 Å². The fourth-order valence-electron chi connectivity index (χ4n) is 1.51. The molecule has 1 amide bonds. The first-order chi connectivity index (χ1) is 7.33. The van der Waals surface area contributed by atoms with Crippen LogP contribution in [0.2, 0.25) is 0 Å². The number of amides is 1. The van der Waals surface area contributed by atoms with Gasteiger partial charge in [-0.05, 0) is 0 Å². The minimum atomic E-state index is 0.0604. The van der Waals surface area contributed by atoms with Gasteiger partial charge in [0.25, 0.3) is 5.91 Å². The van der Waals surface area contributed by atoms with Crippen molar-refractivity contribution in [2.45, 2.75) is 6.04 Å². The third kappa shape index (κ3) is 2.38. The number of rotatable bonds is 2. The van der Waals surface area contributed by atoms with E-state index in [1.807, 2.05) is 4.90 Å². The van der Waals surface area contributed by atoms with Crippen LogP contribution in [0.3, 0.4) is 0 Å². The van der Waals surface area contributed by atoms with Crippen molar-refractivity contribution in [1.29, 1.82) is 0 Å². The molecule has 82 valence electrons. The van der Waals surface area contributed by atoms with Gasteiger partial charge in [0.1, 0.15) is 4.88 Å². The van der Waals surface area contributed by atoms with E-state index in [1.165, 1.54) is 11.3 Å². The third-order valence-electron chi connectivity index (χ3n) is 2.31. The lowest BCUT2D eigenvalue weighted by atomic mass is 10.2. The Bertz CT molecular complexity index is 331. The van der Waals surface area contributed by atoms with Crippen LogP contribution in [0.1, 0.15) is 9.67 Å². The number of thiazole rings is 1. The molecule has 0 bridgehead atoms. The summed E-state index contributed by atoms with van der Waals surface area (Å²) in [5.74, 6) is 0.0604. The average molecular weight is 291 g/mol. The Kier molecular flexibility index (Phi) is 3.71. The second-order valence-corrected chi connectivity index (χ2v) is 4.78. The van der Waals surface area contributed by atoms with Gasteiger partial charge in [-0.25, -0.2) is 0 Å². The molecule has 1 saturated heterocycles. The second kappa shape index (κ2) is 5.05. The molecule has 1 atom stereocenters. The lowest BCUT2D eigenvalue weighted by molar-refractivity contribution is 0.00551. The number of alkyl halides is 1. The summed E-state index contributed by atoms with van der Waals surface area (Å²) in [6, 6.07) is 0.133. The van der Waals surface area contributed by atoms with Crippen molar-refractivity contribution < 1.29 is 9.53 Å². The van der Waals surface area contributed by atoms with E-state index in [4.69, 9.17) is 4.74 Å². The predicted molar refractivity (Wildman–Crippen MR) is 61.6 cm³/mol. The zero-order valence-electron chi connectivity index (χ0n) is 8.06. The van der Waals surface area contributed by atoms with E-state index < -0.39 is 0 Å². The molecule has 0 saturated carbocycles. The molecule has 0 aliphatic carbocycles. The summed E-state index contributed by atoms with van der Waals surface area (Å²) < 4.78 is 5.33. The van der Waals surface area contributed by atoms with E-state index in [9.17, 15) is 4.79 Å². The Morgan fingerprint density at radius 1 is 1.80 bits per heavy atom. The quantitative estimate of drug-likeness (QED) is 0.773. The van der Waals surface area contributed by atoms with Gasteiger partial charge in [-0.1, -0.05) is 15.9 Å². The number of hydrogen-bond donors (Lipinski definition) is 0. The zero-order valence-corrected chi connectivity index (χ0v) is 10.5. The van der Waals surface area contributed by atoms with Crippen molar-refractivity contribution in [3.63, 3.8) is 0 Å². The molecule has 1 aromatic rings. The van der Waals surface area contributed by atoms with Crippen molar-refractivity contribution in [2.75, 3.05) is 25.1 Å². The molecule has 0 N–H and O–H groups in total. The first-order valence-electron chi connectivity index (χ1n) is 4.66. The number of morpholine rings is 1. The molecule has 0 spiro atoms. The van der Waals surface area contributed by atoms with E-state index in [-0.39, 0.29) is 11.9 Å². The van der Waals surface area contributed by atoms with Crippen LogP contribution in [-0.4, -0.2) is 46.9 Å². The first kappa shape index (κ1) is 11.0. The molecule has 15 heavy (non-hydrogen) atoms. The van der Waals surface area contributed by atoms with Gasteiger partial charge in [0.15, 0.2) is 0 Å². The predicted octanol–water partition coefficient (Wildman–Crippen LogP) is 1.38. The Balaban J connectivity index is 2.11. The van der Waals surface area contributed by atoms with Crippen molar-refractivity contribution in [3.05, 3.63) is 16.6 Å². The highest BCUT2D eigenvalue weighted by atomic mass is 79.9. The summed E-state index contributed by atoms with van der Waals surface area (Å²) in [6.07, 6.45) is 1.62. The van der Waals surface area contributed by atoms with Crippen LogP contribution in [-0.2, 0) is 4.74 Å². The summed E-state index contributed by atoms with van der Waals surface area (Å²) in [5.41, 5.74) is 1.68. The molecular formula is C9H11BrN2O2S. The number of halogens is 1. The normalized spacial score (nSPS) is 21.7. The molecule has 1 aromatic heterocycles. The van der Waals surface area contributed by atoms with Crippen molar-refractivity contribution in [1.82, 2.24) is 9.88 Å². The lowest BCUT2D eigenvalue weighted by Crippen LogP contribution is -2.49. The minimum Gasteiger partial charge on any atom is -0.377 e. The maximum absolute atomic E-state index is 12.1. The van der Waals surface area contributed by atoms with E-state index >= 15 is 0 Å². The van der Waals surface area contributed by atoms with Crippen molar-refractivity contribution >= 4 is 33.2 Å². The molecule has 2 heterocycles. The number of hydrogen-bond acceptors (Lipinski definition) is 4. The molecule has 1 fully saturated rings. The van der Waals surface area contributed by atoms with E-state index in [2.05, 4.69) is 20.9 Å². The van der Waals surface area contributed by atoms with Crippen LogP contribution in [0.25, 0.3) is 0 Å². The maximum atomic E-state index is 12.1. The Morgan fingerprint density at radius 2 is 2.67 bits per heavy atom. The van der Waals surface area contributed by atoms with Crippen LogP contribution < -0.4 is 0 Å².